The molecule has 29 heavy (non-hydrogen) atoms. The second-order valence-electron chi connectivity index (χ2n) is 6.94. The Morgan fingerprint density at radius 1 is 0.966 bits per heavy atom. The van der Waals surface area contributed by atoms with Gasteiger partial charge in [0.1, 0.15) is 0 Å². The number of para-hydroxylation sites is 1. The summed E-state index contributed by atoms with van der Waals surface area (Å²) in [6.45, 7) is 2.41. The highest BCUT2D eigenvalue weighted by Gasteiger charge is 2.20. The molecule has 0 saturated carbocycles. The molecule has 0 heterocycles. The normalized spacial score (nSPS) is 12.5. The van der Waals surface area contributed by atoms with Crippen molar-refractivity contribution in [2.45, 2.75) is 31.0 Å². The van der Waals surface area contributed by atoms with Gasteiger partial charge in [0.15, 0.2) is 0 Å². The predicted molar refractivity (Wildman–Crippen MR) is 114 cm³/mol. The van der Waals surface area contributed by atoms with Crippen LogP contribution in [0.3, 0.4) is 0 Å². The van der Waals surface area contributed by atoms with Gasteiger partial charge in [-0.25, -0.2) is 8.42 Å². The van der Waals surface area contributed by atoms with Gasteiger partial charge in [0, 0.05) is 12.1 Å². The van der Waals surface area contributed by atoms with Crippen LogP contribution in [0.1, 0.15) is 16.7 Å². The maximum Gasteiger partial charge on any atom is 0.262 e. The first kappa shape index (κ1) is 21.0. The number of aliphatic hydroxyl groups is 1. The van der Waals surface area contributed by atoms with E-state index in [1.807, 2.05) is 43.3 Å². The number of aliphatic hydroxyl groups excluding tert-OH is 1. The fourth-order valence-electron chi connectivity index (χ4n) is 3.05. The second kappa shape index (κ2) is 9.69. The van der Waals surface area contributed by atoms with Crippen molar-refractivity contribution in [3.8, 4) is 0 Å². The molecule has 0 aliphatic heterocycles. The highest BCUT2D eigenvalue weighted by molar-refractivity contribution is 7.92. The van der Waals surface area contributed by atoms with Gasteiger partial charge in [0.2, 0.25) is 0 Å². The van der Waals surface area contributed by atoms with Crippen LogP contribution in [0.2, 0.25) is 0 Å². The van der Waals surface area contributed by atoms with E-state index < -0.39 is 16.1 Å². The smallest absolute Gasteiger partial charge is 0.262 e. The number of hydrogen-bond donors (Lipinski definition) is 2. The van der Waals surface area contributed by atoms with Crippen LogP contribution in [-0.4, -0.2) is 26.2 Å². The number of nitrogens with one attached hydrogen (secondary N) is 1. The van der Waals surface area contributed by atoms with E-state index >= 15 is 0 Å². The topological polar surface area (TPSA) is 75.6 Å². The molecule has 0 fully saturated rings. The zero-order valence-electron chi connectivity index (χ0n) is 16.3. The van der Waals surface area contributed by atoms with Gasteiger partial charge in [-0.15, -0.1) is 0 Å². The van der Waals surface area contributed by atoms with Gasteiger partial charge in [-0.05, 0) is 36.2 Å². The van der Waals surface area contributed by atoms with Crippen molar-refractivity contribution in [2.24, 2.45) is 0 Å². The van der Waals surface area contributed by atoms with Gasteiger partial charge in [-0.3, -0.25) is 4.72 Å². The molecule has 0 bridgehead atoms. The number of hydrogen-bond acceptors (Lipinski definition) is 4. The lowest BCUT2D eigenvalue weighted by Gasteiger charge is -2.16. The van der Waals surface area contributed by atoms with E-state index in [1.54, 1.807) is 42.5 Å². The van der Waals surface area contributed by atoms with Crippen molar-refractivity contribution in [2.75, 3.05) is 11.3 Å². The van der Waals surface area contributed by atoms with Crippen LogP contribution >= 0.6 is 0 Å². The SMILES string of the molecule is Cc1ccc(S(=O)(=O)Nc2ccccc2)c(CC(O)COCc2ccccc2)c1. The molecule has 0 aromatic heterocycles. The van der Waals surface area contributed by atoms with Gasteiger partial charge in [-0.2, -0.15) is 0 Å². The number of benzene rings is 3. The van der Waals surface area contributed by atoms with Crippen LogP contribution in [-0.2, 0) is 27.8 Å². The lowest BCUT2D eigenvalue weighted by atomic mass is 10.1. The largest absolute Gasteiger partial charge is 0.390 e. The molecule has 0 aliphatic carbocycles. The average molecular weight is 412 g/mol. The first-order valence-electron chi connectivity index (χ1n) is 9.41. The Hall–Kier alpha value is -2.67. The molecule has 3 rings (SSSR count). The summed E-state index contributed by atoms with van der Waals surface area (Å²) in [7, 11) is -3.77. The molecule has 5 nitrogen and oxygen atoms in total. The van der Waals surface area contributed by atoms with Gasteiger partial charge >= 0.3 is 0 Å². The van der Waals surface area contributed by atoms with E-state index in [0.717, 1.165) is 11.1 Å². The fourth-order valence-corrected chi connectivity index (χ4v) is 4.34. The van der Waals surface area contributed by atoms with Crippen molar-refractivity contribution in [3.63, 3.8) is 0 Å². The Balaban J connectivity index is 1.69. The van der Waals surface area contributed by atoms with Crippen LogP contribution in [0.15, 0.2) is 83.8 Å². The first-order valence-corrected chi connectivity index (χ1v) is 10.9. The van der Waals surface area contributed by atoms with E-state index in [4.69, 9.17) is 4.74 Å². The molecular formula is C23H25NO4S. The van der Waals surface area contributed by atoms with Crippen LogP contribution in [0.4, 0.5) is 5.69 Å². The second-order valence-corrected chi connectivity index (χ2v) is 8.59. The number of rotatable bonds is 9. The maximum atomic E-state index is 12.9. The molecule has 0 aliphatic rings. The molecule has 0 amide bonds. The Morgan fingerprint density at radius 3 is 2.31 bits per heavy atom. The van der Waals surface area contributed by atoms with Gasteiger partial charge < -0.3 is 9.84 Å². The summed E-state index contributed by atoms with van der Waals surface area (Å²) in [6.07, 6.45) is -0.632. The van der Waals surface area contributed by atoms with Crippen molar-refractivity contribution in [1.82, 2.24) is 0 Å². The number of aryl methyl sites for hydroxylation is 1. The quantitative estimate of drug-likeness (QED) is 0.560. The number of anilines is 1. The maximum absolute atomic E-state index is 12.9. The third-order valence-corrected chi connectivity index (χ3v) is 5.89. The predicted octanol–water partition coefficient (Wildman–Crippen LogP) is 3.92. The van der Waals surface area contributed by atoms with Gasteiger partial charge in [0.05, 0.1) is 24.2 Å². The molecule has 0 radical (unpaired) electrons. The molecule has 0 saturated heterocycles. The van der Waals surface area contributed by atoms with Crippen molar-refractivity contribution in [3.05, 3.63) is 95.6 Å². The third-order valence-electron chi connectivity index (χ3n) is 4.41. The van der Waals surface area contributed by atoms with Crippen LogP contribution in [0.25, 0.3) is 0 Å². The highest BCUT2D eigenvalue weighted by Crippen LogP contribution is 2.22. The van der Waals surface area contributed by atoms with Crippen LogP contribution in [0.5, 0.6) is 0 Å². The Morgan fingerprint density at radius 2 is 1.62 bits per heavy atom. The molecule has 1 unspecified atom stereocenters. The Bertz CT molecular complexity index is 1020. The fraction of sp³-hybridized carbons (Fsp3) is 0.217. The zero-order valence-corrected chi connectivity index (χ0v) is 17.1. The number of sulfonamides is 1. The molecule has 6 heteroatoms. The minimum Gasteiger partial charge on any atom is -0.390 e. The summed E-state index contributed by atoms with van der Waals surface area (Å²) in [5, 5.41) is 10.4. The third kappa shape index (κ3) is 6.15. The summed E-state index contributed by atoms with van der Waals surface area (Å²) in [4.78, 5) is 0.161. The average Bonchev–Trinajstić information content (AvgIpc) is 2.69. The van der Waals surface area contributed by atoms with Crippen molar-refractivity contribution in [1.29, 1.82) is 0 Å². The van der Waals surface area contributed by atoms with Crippen LogP contribution in [0, 0.1) is 6.92 Å². The van der Waals surface area contributed by atoms with E-state index in [9.17, 15) is 13.5 Å². The Labute approximate surface area is 172 Å². The monoisotopic (exact) mass is 411 g/mol. The highest BCUT2D eigenvalue weighted by atomic mass is 32.2. The number of ether oxygens (including phenoxy) is 1. The molecule has 3 aromatic carbocycles. The summed E-state index contributed by atoms with van der Waals surface area (Å²) >= 11 is 0. The molecule has 3 aromatic rings. The summed E-state index contributed by atoms with van der Waals surface area (Å²) in [5.41, 5.74) is 3.00. The summed E-state index contributed by atoms with van der Waals surface area (Å²) in [6, 6.07) is 23.5. The van der Waals surface area contributed by atoms with Gasteiger partial charge in [0.25, 0.3) is 10.0 Å². The van der Waals surface area contributed by atoms with E-state index in [2.05, 4.69) is 4.72 Å². The van der Waals surface area contributed by atoms with Crippen molar-refractivity contribution < 1.29 is 18.3 Å². The lowest BCUT2D eigenvalue weighted by molar-refractivity contribution is 0.0286. The minimum absolute atomic E-state index is 0.119. The Kier molecular flexibility index (Phi) is 7.04. The van der Waals surface area contributed by atoms with Gasteiger partial charge in [-0.1, -0.05) is 66.2 Å². The summed E-state index contributed by atoms with van der Waals surface area (Å²) < 4.78 is 34.0. The minimum atomic E-state index is -3.77. The van der Waals surface area contributed by atoms with Crippen LogP contribution < -0.4 is 4.72 Å². The standard InChI is InChI=1S/C23H25NO4S/c1-18-12-13-23(29(26,27)24-21-10-6-3-7-11-21)20(14-18)15-22(25)17-28-16-19-8-4-2-5-9-19/h2-14,22,24-25H,15-17H2,1H3. The lowest BCUT2D eigenvalue weighted by Crippen LogP contribution is -2.21. The summed E-state index contributed by atoms with van der Waals surface area (Å²) in [5.74, 6) is 0. The molecule has 152 valence electrons. The molecule has 1 atom stereocenters. The van der Waals surface area contributed by atoms with E-state index in [0.29, 0.717) is 17.9 Å². The van der Waals surface area contributed by atoms with E-state index in [1.165, 1.54) is 0 Å². The molecule has 2 N–H and O–H groups in total. The van der Waals surface area contributed by atoms with Crippen molar-refractivity contribution >= 4 is 15.7 Å². The zero-order chi connectivity index (χ0) is 20.7. The van der Waals surface area contributed by atoms with E-state index in [-0.39, 0.29) is 17.9 Å². The molecule has 0 spiro atoms. The molecular weight excluding hydrogens is 386 g/mol. The first-order chi connectivity index (χ1) is 13.9.